The Kier molecular flexibility index (Phi) is 5.17. The summed E-state index contributed by atoms with van der Waals surface area (Å²) in [6.45, 7) is 2.28. The number of methoxy groups -OCH3 is 1. The highest BCUT2D eigenvalue weighted by Crippen LogP contribution is 2.31. The highest BCUT2D eigenvalue weighted by molar-refractivity contribution is 5.74. The molecular weight excluding hydrogens is 354 g/mol. The van der Waals surface area contributed by atoms with E-state index in [1.807, 2.05) is 22.9 Å². The molecule has 0 radical (unpaired) electrons. The summed E-state index contributed by atoms with van der Waals surface area (Å²) in [5.41, 5.74) is 4.43. The molecule has 1 aromatic carbocycles. The van der Waals surface area contributed by atoms with Crippen LogP contribution in [0.1, 0.15) is 17.5 Å². The lowest BCUT2D eigenvalue weighted by molar-refractivity contribution is 0.189. The molecule has 0 atom stereocenters. The van der Waals surface area contributed by atoms with E-state index in [-0.39, 0.29) is 0 Å². The molecule has 142 valence electrons. The molecule has 0 unspecified atom stereocenters. The van der Waals surface area contributed by atoms with Crippen molar-refractivity contribution >= 4 is 17.5 Å². The normalized spacial score (nSPS) is 12.3. The lowest BCUT2D eigenvalue weighted by atomic mass is 10.0. The van der Waals surface area contributed by atoms with Crippen molar-refractivity contribution in [2.45, 2.75) is 19.4 Å². The van der Waals surface area contributed by atoms with Crippen molar-refractivity contribution in [2.75, 3.05) is 30.9 Å². The zero-order valence-corrected chi connectivity index (χ0v) is 15.6. The van der Waals surface area contributed by atoms with Gasteiger partial charge in [-0.2, -0.15) is 10.4 Å². The van der Waals surface area contributed by atoms with Crippen molar-refractivity contribution in [1.82, 2.24) is 19.7 Å². The van der Waals surface area contributed by atoms with E-state index >= 15 is 0 Å². The largest absolute Gasteiger partial charge is 0.385 e. The van der Waals surface area contributed by atoms with Gasteiger partial charge >= 0.3 is 0 Å². The molecule has 0 saturated carbocycles. The minimum Gasteiger partial charge on any atom is -0.385 e. The molecule has 8 heteroatoms. The van der Waals surface area contributed by atoms with E-state index in [4.69, 9.17) is 4.74 Å². The molecule has 0 spiro atoms. The predicted octanol–water partition coefficient (Wildman–Crippen LogP) is 2.96. The highest BCUT2D eigenvalue weighted by Gasteiger charge is 2.17. The number of hydrogen-bond donors (Lipinski definition) is 2. The second-order valence-electron chi connectivity index (χ2n) is 6.52. The Hall–Kier alpha value is -3.44. The maximum atomic E-state index is 9.46. The summed E-state index contributed by atoms with van der Waals surface area (Å²) in [5, 5.41) is 20.3. The fourth-order valence-corrected chi connectivity index (χ4v) is 3.34. The molecule has 0 amide bonds. The lowest BCUT2D eigenvalue weighted by Crippen LogP contribution is -2.08. The number of nitrogens with one attached hydrogen (secondary N) is 2. The number of aromatic nitrogens is 4. The number of rotatable bonds is 7. The number of ether oxygens (including phenoxy) is 1. The molecule has 28 heavy (non-hydrogen) atoms. The fraction of sp³-hybridized carbons (Fsp3) is 0.300. The van der Waals surface area contributed by atoms with E-state index in [9.17, 15) is 5.26 Å². The van der Waals surface area contributed by atoms with Crippen LogP contribution in [0.15, 0.2) is 36.7 Å². The average Bonchev–Trinajstić information content (AvgIpc) is 3.37. The van der Waals surface area contributed by atoms with Gasteiger partial charge in [-0.3, -0.25) is 0 Å². The number of fused-ring (bicyclic) bond motifs is 1. The lowest BCUT2D eigenvalue weighted by Gasteiger charge is -2.10. The highest BCUT2D eigenvalue weighted by atomic mass is 16.5. The molecule has 2 aromatic heterocycles. The van der Waals surface area contributed by atoms with Crippen LogP contribution in [0, 0.1) is 11.3 Å². The van der Waals surface area contributed by atoms with Gasteiger partial charge in [0.15, 0.2) is 0 Å². The van der Waals surface area contributed by atoms with Crippen LogP contribution in [0.2, 0.25) is 0 Å². The Balaban J connectivity index is 1.58. The SMILES string of the molecule is COCCCn1nccc1Nc1nccc(-c2cc(C#N)c3c(c2)CCN3)n1. The number of aryl methyl sites for hydroxylation is 1. The monoisotopic (exact) mass is 375 g/mol. The van der Waals surface area contributed by atoms with Crippen LogP contribution in [0.4, 0.5) is 17.5 Å². The van der Waals surface area contributed by atoms with Crippen LogP contribution in [-0.2, 0) is 17.7 Å². The first-order chi connectivity index (χ1) is 13.8. The van der Waals surface area contributed by atoms with Crippen LogP contribution in [-0.4, -0.2) is 40.0 Å². The van der Waals surface area contributed by atoms with Gasteiger partial charge < -0.3 is 15.4 Å². The van der Waals surface area contributed by atoms with Crippen molar-refractivity contribution in [1.29, 1.82) is 5.26 Å². The summed E-state index contributed by atoms with van der Waals surface area (Å²) in [6.07, 6.45) is 5.24. The van der Waals surface area contributed by atoms with Gasteiger partial charge in [-0.25, -0.2) is 14.6 Å². The summed E-state index contributed by atoms with van der Waals surface area (Å²) in [7, 11) is 1.69. The van der Waals surface area contributed by atoms with E-state index in [0.717, 1.165) is 54.3 Å². The molecule has 0 fully saturated rings. The first-order valence-electron chi connectivity index (χ1n) is 9.20. The molecule has 2 N–H and O–H groups in total. The maximum Gasteiger partial charge on any atom is 0.228 e. The van der Waals surface area contributed by atoms with Crippen LogP contribution < -0.4 is 10.6 Å². The van der Waals surface area contributed by atoms with Gasteiger partial charge in [0, 0.05) is 44.6 Å². The molecule has 4 rings (SSSR count). The standard InChI is InChI=1S/C20H21N7O/c1-28-10-2-9-27-18(5-8-24-27)26-20-23-7-4-17(25-20)15-11-14-3-6-22-19(14)16(12-15)13-21/h4-5,7-8,11-12,22H,2-3,6,9-10H2,1H3,(H,23,25,26). The van der Waals surface area contributed by atoms with E-state index in [1.54, 1.807) is 19.5 Å². The van der Waals surface area contributed by atoms with Crippen LogP contribution in [0.3, 0.4) is 0 Å². The van der Waals surface area contributed by atoms with E-state index in [0.29, 0.717) is 18.1 Å². The van der Waals surface area contributed by atoms with Gasteiger partial charge in [0.25, 0.3) is 0 Å². The summed E-state index contributed by atoms with van der Waals surface area (Å²) in [6, 6.07) is 9.98. The number of hydrogen-bond acceptors (Lipinski definition) is 7. The summed E-state index contributed by atoms with van der Waals surface area (Å²) in [4.78, 5) is 8.97. The van der Waals surface area contributed by atoms with Gasteiger partial charge in [0.1, 0.15) is 11.9 Å². The van der Waals surface area contributed by atoms with Crippen molar-refractivity contribution in [3.8, 4) is 17.3 Å². The minimum absolute atomic E-state index is 0.489. The van der Waals surface area contributed by atoms with E-state index < -0.39 is 0 Å². The Bertz CT molecular complexity index is 1020. The third-order valence-electron chi connectivity index (χ3n) is 4.66. The molecule has 3 heterocycles. The quantitative estimate of drug-likeness (QED) is 0.612. The van der Waals surface area contributed by atoms with Crippen molar-refractivity contribution in [3.05, 3.63) is 47.8 Å². The third-order valence-corrected chi connectivity index (χ3v) is 4.66. The molecule has 3 aromatic rings. The van der Waals surface area contributed by atoms with Crippen LogP contribution >= 0.6 is 0 Å². The summed E-state index contributed by atoms with van der Waals surface area (Å²) < 4.78 is 6.96. The van der Waals surface area contributed by atoms with Gasteiger partial charge in [0.2, 0.25) is 5.95 Å². The Labute approximate surface area is 163 Å². The molecule has 1 aliphatic rings. The van der Waals surface area contributed by atoms with Crippen LogP contribution in [0.25, 0.3) is 11.3 Å². The van der Waals surface area contributed by atoms with Crippen LogP contribution in [0.5, 0.6) is 0 Å². The first-order valence-corrected chi connectivity index (χ1v) is 9.20. The van der Waals surface area contributed by atoms with E-state index in [1.165, 1.54) is 0 Å². The number of anilines is 3. The zero-order valence-electron chi connectivity index (χ0n) is 15.6. The van der Waals surface area contributed by atoms with Crippen molar-refractivity contribution in [2.24, 2.45) is 0 Å². The predicted molar refractivity (Wildman–Crippen MR) is 106 cm³/mol. The van der Waals surface area contributed by atoms with Crippen molar-refractivity contribution in [3.63, 3.8) is 0 Å². The molecular formula is C20H21N7O. The van der Waals surface area contributed by atoms with Gasteiger partial charge in [0.05, 0.1) is 23.1 Å². The molecule has 1 aliphatic heterocycles. The third kappa shape index (κ3) is 3.66. The minimum atomic E-state index is 0.489. The summed E-state index contributed by atoms with van der Waals surface area (Å²) in [5.74, 6) is 1.31. The van der Waals surface area contributed by atoms with E-state index in [2.05, 4.69) is 37.8 Å². The number of benzene rings is 1. The average molecular weight is 375 g/mol. The fourth-order valence-electron chi connectivity index (χ4n) is 3.34. The Morgan fingerprint density at radius 1 is 1.32 bits per heavy atom. The Morgan fingerprint density at radius 3 is 3.11 bits per heavy atom. The van der Waals surface area contributed by atoms with Gasteiger partial charge in [-0.1, -0.05) is 0 Å². The molecule has 0 saturated heterocycles. The molecule has 0 bridgehead atoms. The zero-order chi connectivity index (χ0) is 19.3. The van der Waals surface area contributed by atoms with Gasteiger partial charge in [-0.15, -0.1) is 0 Å². The first kappa shape index (κ1) is 17.9. The molecule has 0 aliphatic carbocycles. The summed E-state index contributed by atoms with van der Waals surface area (Å²) >= 11 is 0. The van der Waals surface area contributed by atoms with Crippen molar-refractivity contribution < 1.29 is 4.74 Å². The number of nitrogens with zero attached hydrogens (tertiary/aromatic N) is 5. The molecule has 8 nitrogen and oxygen atoms in total. The maximum absolute atomic E-state index is 9.46. The second-order valence-corrected chi connectivity index (χ2v) is 6.52. The van der Waals surface area contributed by atoms with Gasteiger partial charge in [-0.05, 0) is 36.6 Å². The topological polar surface area (TPSA) is 101 Å². The smallest absolute Gasteiger partial charge is 0.228 e. The second kappa shape index (κ2) is 8.06. The number of nitriles is 1. The Morgan fingerprint density at radius 2 is 2.25 bits per heavy atom.